The third-order valence-electron chi connectivity index (χ3n) is 6.53. The minimum absolute atomic E-state index is 0.133. The monoisotopic (exact) mass is 492 g/mol. The molecule has 2 aliphatic rings. The van der Waals surface area contributed by atoms with Crippen molar-refractivity contribution in [2.75, 3.05) is 27.4 Å². The topological polar surface area (TPSA) is 113 Å². The van der Waals surface area contributed by atoms with Crippen LogP contribution in [0, 0.1) is 19.3 Å². The first kappa shape index (κ1) is 26.7. The maximum absolute atomic E-state index is 12.9. The van der Waals surface area contributed by atoms with Crippen LogP contribution in [0.2, 0.25) is 0 Å². The van der Waals surface area contributed by atoms with Crippen LogP contribution < -0.4 is 4.74 Å². The van der Waals surface area contributed by atoms with Gasteiger partial charge in [0.2, 0.25) is 5.88 Å². The number of ether oxygens (including phenoxy) is 5. The third-order valence-corrected chi connectivity index (χ3v) is 6.53. The van der Waals surface area contributed by atoms with E-state index in [1.165, 1.54) is 14.2 Å². The highest BCUT2D eigenvalue weighted by atomic mass is 16.6. The van der Waals surface area contributed by atoms with Crippen LogP contribution in [0.25, 0.3) is 0 Å². The van der Waals surface area contributed by atoms with E-state index < -0.39 is 34.8 Å². The number of hydrogen-bond donors (Lipinski definition) is 0. The van der Waals surface area contributed by atoms with Gasteiger partial charge in [0.15, 0.2) is 5.41 Å². The Morgan fingerprint density at radius 3 is 2.17 bits per heavy atom. The van der Waals surface area contributed by atoms with Crippen molar-refractivity contribution in [1.82, 2.24) is 9.88 Å². The SMILES string of the molecule is COC(=O)C1(C(=O)OC)Cc2c(C)nc(OC[C@H]3COC(C)(C)N3C(=O)OC(C)(C)C)c(C)c2C1. The fourth-order valence-electron chi connectivity index (χ4n) is 4.78. The highest BCUT2D eigenvalue weighted by Gasteiger charge is 2.54. The number of carbonyl (C=O) groups is 3. The van der Waals surface area contributed by atoms with Crippen LogP contribution in [0.15, 0.2) is 0 Å². The summed E-state index contributed by atoms with van der Waals surface area (Å²) in [6.45, 7) is 13.1. The van der Waals surface area contributed by atoms with Gasteiger partial charge in [-0.3, -0.25) is 14.5 Å². The average Bonchev–Trinajstić information content (AvgIpc) is 3.32. The first-order chi connectivity index (χ1) is 16.2. The summed E-state index contributed by atoms with van der Waals surface area (Å²) >= 11 is 0. The second-order valence-corrected chi connectivity index (χ2v) is 10.6. The van der Waals surface area contributed by atoms with Gasteiger partial charge in [0.1, 0.15) is 17.9 Å². The van der Waals surface area contributed by atoms with Gasteiger partial charge in [-0.2, -0.15) is 0 Å². The van der Waals surface area contributed by atoms with Gasteiger partial charge in [-0.05, 0) is 59.6 Å². The minimum atomic E-state index is -1.45. The summed E-state index contributed by atoms with van der Waals surface area (Å²) < 4.78 is 27.4. The van der Waals surface area contributed by atoms with Crippen LogP contribution in [0.1, 0.15) is 57.0 Å². The average molecular weight is 493 g/mol. The first-order valence-electron chi connectivity index (χ1n) is 11.6. The molecule has 0 radical (unpaired) electrons. The van der Waals surface area contributed by atoms with Gasteiger partial charge in [-0.25, -0.2) is 9.78 Å². The first-order valence-corrected chi connectivity index (χ1v) is 11.6. The minimum Gasteiger partial charge on any atom is -0.475 e. The van der Waals surface area contributed by atoms with Gasteiger partial charge < -0.3 is 23.7 Å². The Labute approximate surface area is 206 Å². The van der Waals surface area contributed by atoms with Gasteiger partial charge in [0, 0.05) is 24.1 Å². The van der Waals surface area contributed by atoms with Crippen LogP contribution in [-0.2, 0) is 41.4 Å². The lowest BCUT2D eigenvalue weighted by molar-refractivity contribution is -0.168. The van der Waals surface area contributed by atoms with E-state index in [0.717, 1.165) is 16.7 Å². The predicted molar refractivity (Wildman–Crippen MR) is 125 cm³/mol. The van der Waals surface area contributed by atoms with Gasteiger partial charge in [0.25, 0.3) is 0 Å². The van der Waals surface area contributed by atoms with Crippen LogP contribution in [0.5, 0.6) is 5.88 Å². The van der Waals surface area contributed by atoms with Crippen molar-refractivity contribution in [3.8, 4) is 5.88 Å². The number of aromatic nitrogens is 1. The number of carbonyl (C=O) groups excluding carboxylic acids is 3. The second kappa shape index (κ2) is 9.29. The molecule has 0 N–H and O–H groups in total. The lowest BCUT2D eigenvalue weighted by Gasteiger charge is -2.35. The Bertz CT molecular complexity index is 1010. The standard InChI is InChI=1S/C25H36N2O8/c1-14-17-10-25(20(28)31-8,21(29)32-9)11-18(17)15(2)26-19(14)33-12-16-13-34-24(6,7)27(16)22(30)35-23(3,4)5/h16H,10-13H2,1-9H3/t16-/m0/s1. The summed E-state index contributed by atoms with van der Waals surface area (Å²) in [5.74, 6) is -0.902. The number of nitrogens with zero attached hydrogens (tertiary/aromatic N) is 2. The molecule has 1 aliphatic carbocycles. The molecule has 0 saturated carbocycles. The zero-order chi connectivity index (χ0) is 26.3. The van der Waals surface area contributed by atoms with Gasteiger partial charge >= 0.3 is 18.0 Å². The molecule has 1 aromatic heterocycles. The fraction of sp³-hybridized carbons (Fsp3) is 0.680. The number of esters is 2. The summed E-state index contributed by atoms with van der Waals surface area (Å²) in [5, 5.41) is 0. The lowest BCUT2D eigenvalue weighted by Crippen LogP contribution is -2.51. The molecule has 194 valence electrons. The quantitative estimate of drug-likeness (QED) is 0.348. The summed E-state index contributed by atoms with van der Waals surface area (Å²) in [6.07, 6.45) is -0.195. The Balaban J connectivity index is 1.85. The van der Waals surface area contributed by atoms with Crippen molar-refractivity contribution in [3.05, 3.63) is 22.4 Å². The van der Waals surface area contributed by atoms with E-state index in [1.54, 1.807) is 18.7 Å². The zero-order valence-corrected chi connectivity index (χ0v) is 22.1. The normalized spacial score (nSPS) is 20.3. The fourth-order valence-corrected chi connectivity index (χ4v) is 4.78. The van der Waals surface area contributed by atoms with Gasteiger partial charge in [0.05, 0.1) is 26.9 Å². The summed E-state index contributed by atoms with van der Waals surface area (Å²) in [5.41, 5.74) is 0.0553. The summed E-state index contributed by atoms with van der Waals surface area (Å²) in [7, 11) is 2.51. The molecule has 1 aromatic rings. The maximum atomic E-state index is 12.9. The van der Waals surface area contributed by atoms with Gasteiger partial charge in [-0.15, -0.1) is 0 Å². The molecule has 2 heterocycles. The molecule has 0 aromatic carbocycles. The molecular formula is C25H36N2O8. The Morgan fingerprint density at radius 2 is 1.63 bits per heavy atom. The van der Waals surface area contributed by atoms with Crippen LogP contribution >= 0.6 is 0 Å². The number of rotatable bonds is 5. The van der Waals surface area contributed by atoms with Crippen molar-refractivity contribution in [3.63, 3.8) is 0 Å². The molecule has 10 heteroatoms. The Morgan fingerprint density at radius 1 is 1.06 bits per heavy atom. The number of methoxy groups -OCH3 is 2. The van der Waals surface area contributed by atoms with Crippen molar-refractivity contribution < 1.29 is 38.1 Å². The zero-order valence-electron chi connectivity index (χ0n) is 22.1. The van der Waals surface area contributed by atoms with Crippen LogP contribution in [0.4, 0.5) is 4.79 Å². The second-order valence-electron chi connectivity index (χ2n) is 10.6. The lowest BCUT2D eigenvalue weighted by atomic mass is 9.84. The van der Waals surface area contributed by atoms with E-state index in [1.807, 2.05) is 34.6 Å². The van der Waals surface area contributed by atoms with E-state index in [0.29, 0.717) is 11.6 Å². The van der Waals surface area contributed by atoms with Crippen molar-refractivity contribution in [2.45, 2.75) is 78.7 Å². The molecule has 0 spiro atoms. The van der Waals surface area contributed by atoms with Crippen molar-refractivity contribution in [2.24, 2.45) is 5.41 Å². The maximum Gasteiger partial charge on any atom is 0.413 e. The predicted octanol–water partition coefficient (Wildman–Crippen LogP) is 2.88. The molecule has 35 heavy (non-hydrogen) atoms. The molecule has 0 bridgehead atoms. The molecule has 1 amide bonds. The van der Waals surface area contributed by atoms with E-state index in [-0.39, 0.29) is 32.1 Å². The number of pyridine rings is 1. The van der Waals surface area contributed by atoms with Crippen LogP contribution in [-0.4, -0.2) is 72.7 Å². The van der Waals surface area contributed by atoms with E-state index in [9.17, 15) is 14.4 Å². The van der Waals surface area contributed by atoms with E-state index >= 15 is 0 Å². The molecule has 1 saturated heterocycles. The molecule has 0 unspecified atom stereocenters. The molecule has 3 rings (SSSR count). The number of aryl methyl sites for hydroxylation is 1. The molecule has 1 atom stereocenters. The Kier molecular flexibility index (Phi) is 7.09. The van der Waals surface area contributed by atoms with Crippen molar-refractivity contribution >= 4 is 18.0 Å². The van der Waals surface area contributed by atoms with E-state index in [4.69, 9.17) is 23.7 Å². The number of amides is 1. The molecular weight excluding hydrogens is 456 g/mol. The Hall–Kier alpha value is -2.88. The largest absolute Gasteiger partial charge is 0.475 e. The van der Waals surface area contributed by atoms with Crippen LogP contribution in [0.3, 0.4) is 0 Å². The highest BCUT2D eigenvalue weighted by molar-refractivity contribution is 6.01. The molecule has 1 fully saturated rings. The third kappa shape index (κ3) is 4.94. The molecule has 10 nitrogen and oxygen atoms in total. The highest BCUT2D eigenvalue weighted by Crippen LogP contribution is 2.43. The summed E-state index contributed by atoms with van der Waals surface area (Å²) in [6, 6.07) is -0.390. The van der Waals surface area contributed by atoms with E-state index in [2.05, 4.69) is 4.98 Å². The van der Waals surface area contributed by atoms with Crippen molar-refractivity contribution in [1.29, 1.82) is 0 Å². The smallest absolute Gasteiger partial charge is 0.413 e. The number of hydrogen-bond acceptors (Lipinski definition) is 9. The van der Waals surface area contributed by atoms with Gasteiger partial charge in [-0.1, -0.05) is 0 Å². The molecule has 1 aliphatic heterocycles. The number of fused-ring (bicyclic) bond motifs is 1. The summed E-state index contributed by atoms with van der Waals surface area (Å²) in [4.78, 5) is 44.3.